The number of anilines is 1. The van der Waals surface area contributed by atoms with Crippen LogP contribution in [0, 0.1) is 0 Å². The van der Waals surface area contributed by atoms with E-state index in [4.69, 9.17) is 4.74 Å². The van der Waals surface area contributed by atoms with E-state index in [1.807, 2.05) is 30.3 Å². The minimum atomic E-state index is -9.76. The van der Waals surface area contributed by atoms with Crippen molar-refractivity contribution in [2.24, 2.45) is 0 Å². The van der Waals surface area contributed by atoms with Crippen LogP contribution in [0.1, 0.15) is 16.1 Å². The lowest BCUT2D eigenvalue weighted by Crippen LogP contribution is -2.14. The Hall–Kier alpha value is -3.21. The van der Waals surface area contributed by atoms with Gasteiger partial charge in [0.05, 0.1) is 12.4 Å². The van der Waals surface area contributed by atoms with Crippen molar-refractivity contribution in [2.75, 3.05) is 5.32 Å². The summed E-state index contributed by atoms with van der Waals surface area (Å²) in [4.78, 5) is 17.9. The summed E-state index contributed by atoms with van der Waals surface area (Å²) in [6.45, 7) is 0.250. The number of aromatic nitrogens is 2. The third-order valence-corrected chi connectivity index (χ3v) is 4.81. The van der Waals surface area contributed by atoms with E-state index in [1.165, 1.54) is 6.20 Å². The van der Waals surface area contributed by atoms with Gasteiger partial charge in [0.2, 0.25) is 5.88 Å². The number of benzene rings is 2. The topological polar surface area (TPSA) is 64.1 Å². The molecular formula is C18H14F5N3O2S. The number of carbonyl (C=O) groups excluding carboxylic acids is 1. The van der Waals surface area contributed by atoms with Gasteiger partial charge in [0.15, 0.2) is 0 Å². The van der Waals surface area contributed by atoms with Gasteiger partial charge in [0.25, 0.3) is 5.91 Å². The van der Waals surface area contributed by atoms with Gasteiger partial charge in [0.1, 0.15) is 17.2 Å². The van der Waals surface area contributed by atoms with Crippen LogP contribution in [0.15, 0.2) is 71.9 Å². The highest BCUT2D eigenvalue weighted by atomic mass is 32.5. The van der Waals surface area contributed by atoms with Crippen molar-refractivity contribution in [1.29, 1.82) is 0 Å². The number of nitrogens with one attached hydrogen (secondary N) is 1. The Balaban J connectivity index is 1.62. The molecule has 0 fully saturated rings. The van der Waals surface area contributed by atoms with Gasteiger partial charge in [-0.2, -0.15) is 0 Å². The maximum Gasteiger partial charge on any atom is 0.310 e. The second-order valence-corrected chi connectivity index (χ2v) is 8.37. The molecule has 0 saturated heterocycles. The number of amides is 1. The molecule has 1 N–H and O–H groups in total. The molecular weight excluding hydrogens is 417 g/mol. The molecule has 0 saturated carbocycles. The largest absolute Gasteiger partial charge is 0.472 e. The molecule has 3 aromatic rings. The van der Waals surface area contributed by atoms with Gasteiger partial charge in [-0.1, -0.05) is 49.8 Å². The van der Waals surface area contributed by atoms with E-state index in [2.05, 4.69) is 15.3 Å². The van der Waals surface area contributed by atoms with Gasteiger partial charge >= 0.3 is 10.2 Å². The van der Waals surface area contributed by atoms with Crippen LogP contribution < -0.4 is 10.1 Å². The van der Waals surface area contributed by atoms with Crippen molar-refractivity contribution in [3.8, 4) is 5.88 Å². The fourth-order valence-corrected chi connectivity index (χ4v) is 2.88. The van der Waals surface area contributed by atoms with Crippen LogP contribution in [0.3, 0.4) is 0 Å². The number of nitrogens with zero attached hydrogens (tertiary/aromatic N) is 2. The van der Waals surface area contributed by atoms with Gasteiger partial charge in [-0.05, 0) is 29.8 Å². The van der Waals surface area contributed by atoms with E-state index >= 15 is 0 Å². The number of ether oxygens (including phenoxy) is 1. The zero-order valence-electron chi connectivity index (χ0n) is 14.6. The molecule has 2 aromatic carbocycles. The van der Waals surface area contributed by atoms with E-state index in [0.717, 1.165) is 23.9 Å². The van der Waals surface area contributed by atoms with Crippen LogP contribution in [0.2, 0.25) is 0 Å². The van der Waals surface area contributed by atoms with E-state index < -0.39 is 21.0 Å². The average molecular weight is 431 g/mol. The van der Waals surface area contributed by atoms with Crippen molar-refractivity contribution >= 4 is 21.8 Å². The van der Waals surface area contributed by atoms with Crippen molar-refractivity contribution < 1.29 is 29.0 Å². The Morgan fingerprint density at radius 3 is 2.10 bits per heavy atom. The summed E-state index contributed by atoms with van der Waals surface area (Å²) in [6.07, 6.45) is 2.34. The Morgan fingerprint density at radius 1 is 0.897 bits per heavy atom. The van der Waals surface area contributed by atoms with Crippen molar-refractivity contribution in [3.63, 3.8) is 0 Å². The van der Waals surface area contributed by atoms with Crippen LogP contribution in [0.4, 0.5) is 25.1 Å². The molecule has 29 heavy (non-hydrogen) atoms. The Kier molecular flexibility index (Phi) is 4.74. The molecule has 11 heteroatoms. The molecule has 0 aliphatic carbocycles. The molecule has 3 rings (SSSR count). The highest BCUT2D eigenvalue weighted by Crippen LogP contribution is 3.02. The fraction of sp³-hybridized carbons (Fsp3) is 0.0556. The first kappa shape index (κ1) is 20.5. The van der Waals surface area contributed by atoms with Gasteiger partial charge < -0.3 is 10.1 Å². The second-order valence-electron chi connectivity index (χ2n) is 5.96. The number of carbonyl (C=O) groups is 1. The molecule has 0 atom stereocenters. The highest BCUT2D eigenvalue weighted by Gasteiger charge is 2.65. The molecule has 0 radical (unpaired) electrons. The fourth-order valence-electron chi connectivity index (χ4n) is 2.23. The van der Waals surface area contributed by atoms with Crippen LogP contribution >= 0.6 is 10.2 Å². The molecule has 0 bridgehead atoms. The lowest BCUT2D eigenvalue weighted by molar-refractivity contribution is 0.102. The van der Waals surface area contributed by atoms with Crippen LogP contribution in [0.5, 0.6) is 5.88 Å². The summed E-state index contributed by atoms with van der Waals surface area (Å²) in [6, 6.07) is 11.2. The van der Waals surface area contributed by atoms with Crippen molar-refractivity contribution in [1.82, 2.24) is 9.97 Å². The Labute approximate surface area is 162 Å². The highest BCUT2D eigenvalue weighted by molar-refractivity contribution is 8.45. The van der Waals surface area contributed by atoms with E-state index in [9.17, 15) is 24.2 Å². The lowest BCUT2D eigenvalue weighted by Gasteiger charge is -2.40. The second kappa shape index (κ2) is 6.69. The Bertz CT molecular complexity index is 1010. The first-order valence-electron chi connectivity index (χ1n) is 8.05. The summed E-state index contributed by atoms with van der Waals surface area (Å²) >= 11 is 0. The number of rotatable bonds is 6. The minimum Gasteiger partial charge on any atom is -0.472 e. The molecule has 0 aliphatic rings. The smallest absolute Gasteiger partial charge is 0.310 e. The standard InChI is InChI=1S/C18H14F5N3O2S/c19-29(20,21,22,23)15-8-6-14(7-9-15)26-18(27)16-10-25-17(11-24-16)28-12-13-4-2-1-3-5-13/h1-11H,12H2,(H,26,27). The van der Waals surface area contributed by atoms with Crippen molar-refractivity contribution in [2.45, 2.75) is 11.5 Å². The zero-order valence-corrected chi connectivity index (χ0v) is 15.4. The molecule has 1 heterocycles. The molecule has 1 aromatic heterocycles. The summed E-state index contributed by atoms with van der Waals surface area (Å²) in [5.74, 6) is -0.599. The maximum atomic E-state index is 12.7. The monoisotopic (exact) mass is 431 g/mol. The molecule has 1 amide bonds. The number of halogens is 5. The van der Waals surface area contributed by atoms with E-state index in [-0.39, 0.29) is 36.0 Å². The first-order valence-corrected chi connectivity index (χ1v) is 10.0. The molecule has 0 spiro atoms. The van der Waals surface area contributed by atoms with Gasteiger partial charge in [-0.15, -0.1) is 0 Å². The number of hydrogen-bond donors (Lipinski definition) is 1. The summed E-state index contributed by atoms with van der Waals surface area (Å²) < 4.78 is 68.9. The molecule has 0 aliphatic heterocycles. The molecule has 0 unspecified atom stereocenters. The molecule has 154 valence electrons. The zero-order chi connectivity index (χ0) is 21.2. The van der Waals surface area contributed by atoms with Crippen LogP contribution in [-0.4, -0.2) is 15.9 Å². The number of hydrogen-bond acceptors (Lipinski definition) is 4. The van der Waals surface area contributed by atoms with Gasteiger partial charge in [-0.3, -0.25) is 4.79 Å². The summed E-state index contributed by atoms with van der Waals surface area (Å²) in [7, 11) is -9.76. The summed E-state index contributed by atoms with van der Waals surface area (Å²) in [5, 5.41) is 2.26. The normalized spacial score (nSPS) is 13.8. The van der Waals surface area contributed by atoms with E-state index in [1.54, 1.807) is 0 Å². The lowest BCUT2D eigenvalue weighted by atomic mass is 10.2. The first-order chi connectivity index (χ1) is 13.4. The van der Waals surface area contributed by atoms with Gasteiger partial charge in [-0.25, -0.2) is 9.97 Å². The quantitative estimate of drug-likeness (QED) is 0.489. The predicted octanol–water partition coefficient (Wildman–Crippen LogP) is 5.97. The van der Waals surface area contributed by atoms with Crippen molar-refractivity contribution in [3.05, 3.63) is 78.2 Å². The third-order valence-electron chi connectivity index (χ3n) is 3.65. The third kappa shape index (κ3) is 5.64. The Morgan fingerprint density at radius 2 is 1.55 bits per heavy atom. The van der Waals surface area contributed by atoms with Crippen LogP contribution in [-0.2, 0) is 6.61 Å². The van der Waals surface area contributed by atoms with Gasteiger partial charge in [0, 0.05) is 5.69 Å². The predicted molar refractivity (Wildman–Crippen MR) is 98.6 cm³/mol. The maximum absolute atomic E-state index is 12.7. The average Bonchev–Trinajstić information content (AvgIpc) is 2.66. The summed E-state index contributed by atoms with van der Waals surface area (Å²) in [5.41, 5.74) is 0.673. The SMILES string of the molecule is O=C(Nc1ccc(S(F)(F)(F)(F)F)cc1)c1cnc(OCc2ccccc2)cn1. The minimum absolute atomic E-state index is 0.105. The van der Waals surface area contributed by atoms with Crippen LogP contribution in [0.25, 0.3) is 0 Å². The molecule has 5 nitrogen and oxygen atoms in total. The van der Waals surface area contributed by atoms with E-state index in [0.29, 0.717) is 0 Å².